The van der Waals surface area contributed by atoms with Crippen molar-refractivity contribution in [2.24, 2.45) is 5.73 Å². The Bertz CT molecular complexity index is 1720. The highest BCUT2D eigenvalue weighted by Gasteiger charge is 2.26. The molecule has 0 radical (unpaired) electrons. The number of aromatic nitrogens is 7. The second kappa shape index (κ2) is 10.2. The van der Waals surface area contributed by atoms with Crippen molar-refractivity contribution in [1.29, 1.82) is 0 Å². The fourth-order valence-corrected chi connectivity index (χ4v) is 5.53. The van der Waals surface area contributed by atoms with Crippen LogP contribution in [0.15, 0.2) is 73.7 Å². The molecular weight excluding hydrogens is 521 g/mol. The molecule has 41 heavy (non-hydrogen) atoms. The molecule has 0 amide bonds. The van der Waals surface area contributed by atoms with E-state index in [4.69, 9.17) is 10.5 Å². The molecule has 6 heterocycles. The molecule has 0 saturated carbocycles. The third-order valence-electron chi connectivity index (χ3n) is 8.09. The van der Waals surface area contributed by atoms with Crippen LogP contribution < -0.4 is 10.6 Å². The molecule has 0 bridgehead atoms. The highest BCUT2D eigenvalue weighted by atomic mass is 19.1. The van der Waals surface area contributed by atoms with Crippen molar-refractivity contribution in [3.63, 3.8) is 0 Å². The van der Waals surface area contributed by atoms with Crippen molar-refractivity contribution in [1.82, 2.24) is 34.3 Å². The van der Waals surface area contributed by atoms with Crippen LogP contribution in [0.4, 0.5) is 10.2 Å². The van der Waals surface area contributed by atoms with Crippen LogP contribution in [-0.2, 0) is 10.3 Å². The van der Waals surface area contributed by atoms with Gasteiger partial charge in [-0.15, -0.1) is 0 Å². The Labute approximate surface area is 236 Å². The average molecular weight is 552 g/mol. The fourth-order valence-electron chi connectivity index (χ4n) is 5.53. The first-order chi connectivity index (χ1) is 20.0. The minimum Gasteiger partial charge on any atom is -0.379 e. The van der Waals surface area contributed by atoms with E-state index in [1.54, 1.807) is 30.9 Å². The van der Waals surface area contributed by atoms with Crippen LogP contribution in [0, 0.1) is 5.82 Å². The molecule has 1 aromatic carbocycles. The lowest BCUT2D eigenvalue weighted by Crippen LogP contribution is -2.34. The number of nitrogens with zero attached hydrogens (tertiary/aromatic N) is 8. The molecule has 2 aliphatic heterocycles. The third kappa shape index (κ3) is 4.76. The van der Waals surface area contributed by atoms with Crippen molar-refractivity contribution >= 4 is 16.9 Å². The van der Waals surface area contributed by atoms with Gasteiger partial charge in [0, 0.05) is 61.2 Å². The van der Waals surface area contributed by atoms with Gasteiger partial charge in [0.2, 0.25) is 0 Å². The molecule has 2 N–H and O–H groups in total. The van der Waals surface area contributed by atoms with Gasteiger partial charge >= 0.3 is 0 Å². The summed E-state index contributed by atoms with van der Waals surface area (Å²) in [6.45, 7) is 4.81. The molecule has 2 aliphatic rings. The normalized spacial score (nSPS) is 19.0. The summed E-state index contributed by atoms with van der Waals surface area (Å²) in [5.41, 5.74) is 11.4. The Balaban J connectivity index is 1.08. The Morgan fingerprint density at radius 1 is 1.00 bits per heavy atom. The van der Waals surface area contributed by atoms with Crippen molar-refractivity contribution < 1.29 is 9.13 Å². The Kier molecular flexibility index (Phi) is 6.32. The summed E-state index contributed by atoms with van der Waals surface area (Å²) in [6.07, 6.45) is 15.0. The summed E-state index contributed by atoms with van der Waals surface area (Å²) in [5, 5.41) is 9.02. The van der Waals surface area contributed by atoms with Crippen LogP contribution in [0.3, 0.4) is 0 Å². The standard InChI is InChI=1S/C30H30FN9O/c1-30(32,23-2-4-25(31)5-3-23)24-14-33-28(34-15-24)20-6-9-38(10-7-20)29-27-12-21(16-40(27)37-19-35-29)22-13-36-39(17-22)26-8-11-41-18-26/h2-6,12-17,19,26H,7-11,18,32H2,1H3. The average Bonchev–Trinajstić information content (AvgIpc) is 3.78. The Morgan fingerprint density at radius 2 is 1.83 bits per heavy atom. The summed E-state index contributed by atoms with van der Waals surface area (Å²) in [4.78, 5) is 16.1. The first-order valence-corrected chi connectivity index (χ1v) is 13.7. The largest absolute Gasteiger partial charge is 0.379 e. The molecule has 208 valence electrons. The van der Waals surface area contributed by atoms with Gasteiger partial charge in [-0.05, 0) is 49.1 Å². The van der Waals surface area contributed by atoms with E-state index in [1.165, 1.54) is 12.1 Å². The predicted octanol–water partition coefficient (Wildman–Crippen LogP) is 4.00. The number of hydrogen-bond donors (Lipinski definition) is 1. The zero-order chi connectivity index (χ0) is 28.0. The zero-order valence-corrected chi connectivity index (χ0v) is 22.7. The molecular formula is C30H30FN9O. The van der Waals surface area contributed by atoms with E-state index in [1.807, 2.05) is 28.5 Å². The molecule has 7 rings (SSSR count). The lowest BCUT2D eigenvalue weighted by Gasteiger charge is -2.28. The summed E-state index contributed by atoms with van der Waals surface area (Å²) in [7, 11) is 0. The highest BCUT2D eigenvalue weighted by molar-refractivity contribution is 5.78. The van der Waals surface area contributed by atoms with Crippen LogP contribution in [0.25, 0.3) is 22.2 Å². The smallest absolute Gasteiger partial charge is 0.156 e. The highest BCUT2D eigenvalue weighted by Crippen LogP contribution is 2.31. The van der Waals surface area contributed by atoms with Crippen molar-refractivity contribution in [2.45, 2.75) is 31.3 Å². The van der Waals surface area contributed by atoms with Gasteiger partial charge in [-0.2, -0.15) is 10.2 Å². The Hall–Kier alpha value is -4.48. The van der Waals surface area contributed by atoms with Crippen LogP contribution in [0.2, 0.25) is 0 Å². The second-order valence-corrected chi connectivity index (χ2v) is 10.8. The van der Waals surface area contributed by atoms with Crippen LogP contribution in [0.5, 0.6) is 0 Å². The maximum absolute atomic E-state index is 13.4. The van der Waals surface area contributed by atoms with E-state index in [9.17, 15) is 4.39 Å². The van der Waals surface area contributed by atoms with Crippen LogP contribution >= 0.6 is 0 Å². The number of fused-ring (bicyclic) bond motifs is 1. The lowest BCUT2D eigenvalue weighted by molar-refractivity contribution is 0.184. The topological polar surface area (TPSA) is 112 Å². The van der Waals surface area contributed by atoms with Gasteiger partial charge in [0.05, 0.1) is 24.4 Å². The van der Waals surface area contributed by atoms with E-state index < -0.39 is 5.54 Å². The molecule has 0 spiro atoms. The fraction of sp³-hybridized carbons (Fsp3) is 0.300. The number of nitrogens with two attached hydrogens (primary N) is 1. The monoisotopic (exact) mass is 551 g/mol. The quantitative estimate of drug-likeness (QED) is 0.337. The number of ether oxygens (including phenoxy) is 1. The third-order valence-corrected chi connectivity index (χ3v) is 8.09. The van der Waals surface area contributed by atoms with Gasteiger partial charge in [0.25, 0.3) is 0 Å². The number of halogens is 1. The predicted molar refractivity (Wildman–Crippen MR) is 153 cm³/mol. The van der Waals surface area contributed by atoms with Gasteiger partial charge in [-0.1, -0.05) is 18.2 Å². The summed E-state index contributed by atoms with van der Waals surface area (Å²) in [6, 6.07) is 8.62. The molecule has 4 aromatic heterocycles. The maximum atomic E-state index is 13.4. The molecule has 11 heteroatoms. The first kappa shape index (κ1) is 25.5. The van der Waals surface area contributed by atoms with E-state index in [0.717, 1.165) is 65.2 Å². The Morgan fingerprint density at radius 3 is 2.56 bits per heavy atom. The SMILES string of the molecule is CC(N)(c1ccc(F)cc1)c1cnc(C2=CCN(c3ncnn4cc(-c5cnn(C6CCOC6)c5)cc34)CC2)nc1. The summed E-state index contributed by atoms with van der Waals surface area (Å²) in [5.74, 6) is 1.27. The second-order valence-electron chi connectivity index (χ2n) is 10.8. The van der Waals surface area contributed by atoms with Gasteiger partial charge in [0.1, 0.15) is 17.7 Å². The number of rotatable bonds is 6. The minimum absolute atomic E-state index is 0.292. The minimum atomic E-state index is -0.831. The molecule has 10 nitrogen and oxygen atoms in total. The van der Waals surface area contributed by atoms with Gasteiger partial charge < -0.3 is 15.4 Å². The van der Waals surface area contributed by atoms with Crippen molar-refractivity contribution in [2.75, 3.05) is 31.2 Å². The van der Waals surface area contributed by atoms with Gasteiger partial charge in [-0.3, -0.25) is 4.68 Å². The molecule has 2 atom stereocenters. The molecule has 1 fully saturated rings. The zero-order valence-electron chi connectivity index (χ0n) is 22.7. The van der Waals surface area contributed by atoms with Gasteiger partial charge in [0.15, 0.2) is 11.6 Å². The number of anilines is 1. The summed E-state index contributed by atoms with van der Waals surface area (Å²) < 4.78 is 22.8. The molecule has 5 aromatic rings. The van der Waals surface area contributed by atoms with Crippen LogP contribution in [0.1, 0.15) is 42.8 Å². The maximum Gasteiger partial charge on any atom is 0.156 e. The van der Waals surface area contributed by atoms with E-state index in [-0.39, 0.29) is 5.82 Å². The first-order valence-electron chi connectivity index (χ1n) is 13.7. The lowest BCUT2D eigenvalue weighted by atomic mass is 9.87. The molecule has 0 aliphatic carbocycles. The molecule has 2 unspecified atom stereocenters. The van der Waals surface area contributed by atoms with Gasteiger partial charge in [-0.25, -0.2) is 23.9 Å². The van der Waals surface area contributed by atoms with E-state index in [0.29, 0.717) is 25.0 Å². The van der Waals surface area contributed by atoms with Crippen molar-refractivity contribution in [3.05, 3.63) is 96.5 Å². The van der Waals surface area contributed by atoms with E-state index >= 15 is 0 Å². The van der Waals surface area contributed by atoms with Crippen LogP contribution in [-0.4, -0.2) is 60.6 Å². The number of hydrogen-bond acceptors (Lipinski definition) is 8. The summed E-state index contributed by atoms with van der Waals surface area (Å²) >= 11 is 0. The molecule has 1 saturated heterocycles. The van der Waals surface area contributed by atoms with Crippen molar-refractivity contribution in [3.8, 4) is 11.1 Å². The van der Waals surface area contributed by atoms with E-state index in [2.05, 4.69) is 48.4 Å². The number of benzene rings is 1.